The second-order valence-electron chi connectivity index (χ2n) is 8.37. The molecule has 1 saturated heterocycles. The van der Waals surface area contributed by atoms with Crippen molar-refractivity contribution in [2.75, 3.05) is 19.8 Å². The van der Waals surface area contributed by atoms with E-state index in [1.165, 1.54) is 17.3 Å². The van der Waals surface area contributed by atoms with E-state index < -0.39 is 0 Å². The van der Waals surface area contributed by atoms with Crippen LogP contribution < -0.4 is 9.47 Å². The highest BCUT2D eigenvalue weighted by Crippen LogP contribution is 2.32. The van der Waals surface area contributed by atoms with Crippen molar-refractivity contribution in [3.63, 3.8) is 0 Å². The first-order valence-electron chi connectivity index (χ1n) is 10.5. The molecular weight excluding hydrogens is 426 g/mol. The first-order chi connectivity index (χ1) is 14.8. The summed E-state index contributed by atoms with van der Waals surface area (Å²) in [5.41, 5.74) is 2.36. The summed E-state index contributed by atoms with van der Waals surface area (Å²) >= 11 is 6.67. The minimum atomic E-state index is -0.00939. The molecule has 0 aliphatic carbocycles. The fourth-order valence-electron chi connectivity index (χ4n) is 3.10. The van der Waals surface area contributed by atoms with Gasteiger partial charge in [0.05, 0.1) is 4.91 Å². The molecule has 0 unspecified atom stereocenters. The number of amides is 1. The molecule has 31 heavy (non-hydrogen) atoms. The van der Waals surface area contributed by atoms with Crippen molar-refractivity contribution >= 4 is 40.3 Å². The summed E-state index contributed by atoms with van der Waals surface area (Å²) in [7, 11) is 0. The van der Waals surface area contributed by atoms with Crippen LogP contribution in [0, 0.1) is 0 Å². The Morgan fingerprint density at radius 1 is 0.968 bits per heavy atom. The molecule has 3 rings (SSSR count). The van der Waals surface area contributed by atoms with Crippen LogP contribution in [0.25, 0.3) is 6.08 Å². The number of thiocarbonyl (C=S) groups is 1. The van der Waals surface area contributed by atoms with Crippen LogP contribution in [0.5, 0.6) is 11.5 Å². The van der Waals surface area contributed by atoms with Crippen molar-refractivity contribution in [2.45, 2.75) is 39.5 Å². The second kappa shape index (κ2) is 10.3. The Morgan fingerprint density at radius 3 is 2.03 bits per heavy atom. The number of carbonyl (C=O) groups is 1. The molecule has 1 fully saturated rings. The molecule has 0 N–H and O–H groups in total. The van der Waals surface area contributed by atoms with E-state index in [9.17, 15) is 4.79 Å². The smallest absolute Gasteiger partial charge is 0.266 e. The van der Waals surface area contributed by atoms with Crippen LogP contribution in [0.3, 0.4) is 0 Å². The number of hydrogen-bond acceptors (Lipinski definition) is 5. The zero-order valence-electron chi connectivity index (χ0n) is 18.5. The van der Waals surface area contributed by atoms with Gasteiger partial charge >= 0.3 is 0 Å². The van der Waals surface area contributed by atoms with Gasteiger partial charge in [-0.3, -0.25) is 9.69 Å². The van der Waals surface area contributed by atoms with Gasteiger partial charge < -0.3 is 9.47 Å². The minimum Gasteiger partial charge on any atom is -0.490 e. The summed E-state index contributed by atoms with van der Waals surface area (Å²) in [6, 6.07) is 15.9. The van der Waals surface area contributed by atoms with E-state index >= 15 is 0 Å². The van der Waals surface area contributed by atoms with Crippen LogP contribution in [-0.4, -0.2) is 34.9 Å². The first kappa shape index (κ1) is 23.4. The van der Waals surface area contributed by atoms with Crippen LogP contribution in [0.2, 0.25) is 0 Å². The van der Waals surface area contributed by atoms with Crippen LogP contribution in [0.4, 0.5) is 0 Å². The molecule has 0 atom stereocenters. The van der Waals surface area contributed by atoms with E-state index in [2.05, 4.69) is 32.9 Å². The number of carbonyl (C=O) groups excluding carboxylic acids is 1. The van der Waals surface area contributed by atoms with Crippen molar-refractivity contribution in [2.24, 2.45) is 0 Å². The third-order valence-electron chi connectivity index (χ3n) is 4.84. The highest BCUT2D eigenvalue weighted by molar-refractivity contribution is 8.26. The third kappa shape index (κ3) is 6.34. The maximum Gasteiger partial charge on any atom is 0.266 e. The Hall–Kier alpha value is -2.31. The number of rotatable bonds is 8. The standard InChI is InChI=1S/C25H29NO3S2/c1-5-14-26-23(27)22(31-24(26)30)17-18-6-10-20(11-7-18)28-15-16-29-21-12-8-19(9-13-21)25(2,3)4/h6-13,17H,5,14-16H2,1-4H3/b22-17+. The molecule has 164 valence electrons. The Bertz CT molecular complexity index is 944. The van der Waals surface area contributed by atoms with Gasteiger partial charge in [0.15, 0.2) is 0 Å². The van der Waals surface area contributed by atoms with Crippen LogP contribution in [0.15, 0.2) is 53.4 Å². The van der Waals surface area contributed by atoms with Crippen molar-refractivity contribution in [1.29, 1.82) is 0 Å². The summed E-state index contributed by atoms with van der Waals surface area (Å²) in [6.45, 7) is 10.2. The van der Waals surface area contributed by atoms with Crippen molar-refractivity contribution in [3.8, 4) is 11.5 Å². The molecule has 1 aliphatic heterocycles. The summed E-state index contributed by atoms with van der Waals surface area (Å²) in [5.74, 6) is 1.60. The number of ether oxygens (including phenoxy) is 2. The zero-order valence-corrected chi connectivity index (χ0v) is 20.1. The molecule has 0 spiro atoms. The normalized spacial score (nSPS) is 15.6. The van der Waals surface area contributed by atoms with E-state index in [0.717, 1.165) is 23.5 Å². The molecule has 1 heterocycles. The lowest BCUT2D eigenvalue weighted by Gasteiger charge is -2.19. The number of hydrogen-bond donors (Lipinski definition) is 0. The Kier molecular flexibility index (Phi) is 7.79. The van der Waals surface area contributed by atoms with Gasteiger partial charge in [-0.05, 0) is 53.3 Å². The van der Waals surface area contributed by atoms with Crippen molar-refractivity contribution in [1.82, 2.24) is 4.90 Å². The van der Waals surface area contributed by atoms with E-state index in [-0.39, 0.29) is 11.3 Å². The van der Waals surface area contributed by atoms with Crippen LogP contribution >= 0.6 is 24.0 Å². The monoisotopic (exact) mass is 455 g/mol. The van der Waals surface area contributed by atoms with Crippen LogP contribution in [-0.2, 0) is 10.2 Å². The molecule has 0 saturated carbocycles. The highest BCUT2D eigenvalue weighted by Gasteiger charge is 2.31. The lowest BCUT2D eigenvalue weighted by Crippen LogP contribution is -2.28. The van der Waals surface area contributed by atoms with Gasteiger partial charge in [0, 0.05) is 6.54 Å². The van der Waals surface area contributed by atoms with Crippen LogP contribution in [0.1, 0.15) is 45.2 Å². The molecule has 0 radical (unpaired) electrons. The topological polar surface area (TPSA) is 38.8 Å². The van der Waals surface area contributed by atoms with Crippen molar-refractivity contribution < 1.29 is 14.3 Å². The van der Waals surface area contributed by atoms with Gasteiger partial charge in [0.2, 0.25) is 0 Å². The van der Waals surface area contributed by atoms with Gasteiger partial charge in [-0.15, -0.1) is 0 Å². The van der Waals surface area contributed by atoms with E-state index in [0.29, 0.717) is 29.0 Å². The van der Waals surface area contributed by atoms with Gasteiger partial charge in [0.25, 0.3) is 5.91 Å². The molecule has 4 nitrogen and oxygen atoms in total. The molecule has 1 aliphatic rings. The number of nitrogens with zero attached hydrogens (tertiary/aromatic N) is 1. The molecular formula is C25H29NO3S2. The minimum absolute atomic E-state index is 0.00939. The number of thioether (sulfide) groups is 1. The van der Waals surface area contributed by atoms with Gasteiger partial charge in [-0.25, -0.2) is 0 Å². The third-order valence-corrected chi connectivity index (χ3v) is 6.22. The van der Waals surface area contributed by atoms with E-state index in [1.807, 2.05) is 49.4 Å². The summed E-state index contributed by atoms with van der Waals surface area (Å²) in [4.78, 5) is 14.8. The van der Waals surface area contributed by atoms with Crippen molar-refractivity contribution in [3.05, 3.63) is 64.6 Å². The average Bonchev–Trinajstić information content (AvgIpc) is 3.00. The fraction of sp³-hybridized carbons (Fsp3) is 0.360. The summed E-state index contributed by atoms with van der Waals surface area (Å²) < 4.78 is 12.2. The molecule has 1 amide bonds. The quantitative estimate of drug-likeness (QED) is 0.275. The summed E-state index contributed by atoms with van der Waals surface area (Å²) in [5, 5.41) is 0. The van der Waals surface area contributed by atoms with Gasteiger partial charge in [-0.1, -0.05) is 75.9 Å². The SMILES string of the molecule is CCCN1C(=O)/C(=C\c2ccc(OCCOc3ccc(C(C)(C)C)cc3)cc2)SC1=S. The molecule has 0 aromatic heterocycles. The largest absolute Gasteiger partial charge is 0.490 e. The van der Waals surface area contributed by atoms with E-state index in [1.54, 1.807) is 4.90 Å². The summed E-state index contributed by atoms with van der Waals surface area (Å²) in [6.07, 6.45) is 2.76. The highest BCUT2D eigenvalue weighted by atomic mass is 32.2. The molecule has 0 bridgehead atoms. The number of benzene rings is 2. The van der Waals surface area contributed by atoms with Gasteiger partial charge in [-0.2, -0.15) is 0 Å². The lowest BCUT2D eigenvalue weighted by atomic mass is 9.87. The predicted molar refractivity (Wildman–Crippen MR) is 133 cm³/mol. The van der Waals surface area contributed by atoms with E-state index in [4.69, 9.17) is 21.7 Å². The zero-order chi connectivity index (χ0) is 22.4. The maximum absolute atomic E-state index is 12.4. The molecule has 2 aromatic carbocycles. The Morgan fingerprint density at radius 2 is 1.52 bits per heavy atom. The lowest BCUT2D eigenvalue weighted by molar-refractivity contribution is -0.122. The Balaban J connectivity index is 1.48. The fourth-order valence-corrected chi connectivity index (χ4v) is 4.41. The molecule has 6 heteroatoms. The maximum atomic E-state index is 12.4. The first-order valence-corrected chi connectivity index (χ1v) is 11.7. The van der Waals surface area contributed by atoms with Gasteiger partial charge in [0.1, 0.15) is 29.0 Å². The Labute approximate surface area is 194 Å². The molecule has 2 aromatic rings. The predicted octanol–water partition coefficient (Wildman–Crippen LogP) is 6.05. The average molecular weight is 456 g/mol. The second-order valence-corrected chi connectivity index (χ2v) is 10.0.